The van der Waals surface area contributed by atoms with Crippen LogP contribution in [0.15, 0.2) is 85.1 Å². The van der Waals surface area contributed by atoms with Crippen LogP contribution in [0.2, 0.25) is 0 Å². The molecular formula is C62H111N2O7P. The summed E-state index contributed by atoms with van der Waals surface area (Å²) in [6, 6.07) is -0.906. The number of allylic oxidation sites excluding steroid dienone is 13. The summed E-state index contributed by atoms with van der Waals surface area (Å²) in [5.41, 5.74) is 0. The van der Waals surface area contributed by atoms with Crippen molar-refractivity contribution in [1.82, 2.24) is 5.32 Å². The number of carbonyl (C=O) groups excluding carboxylic acids is 2. The minimum atomic E-state index is -4.71. The number of likely N-dealkylation sites (N-methyl/N-ethyl adjacent to an activating group) is 1. The maximum Gasteiger partial charge on any atom is 0.306 e. The molecule has 0 aliphatic carbocycles. The van der Waals surface area contributed by atoms with Crippen molar-refractivity contribution in [2.45, 2.75) is 258 Å². The van der Waals surface area contributed by atoms with Crippen LogP contribution in [0.3, 0.4) is 0 Å². The zero-order valence-electron chi connectivity index (χ0n) is 47.4. The third-order valence-corrected chi connectivity index (χ3v) is 13.5. The Kier molecular flexibility index (Phi) is 49.6. The second-order valence-corrected chi connectivity index (χ2v) is 22.2. The van der Waals surface area contributed by atoms with Gasteiger partial charge < -0.3 is 28.5 Å². The molecule has 0 radical (unpaired) electrons. The van der Waals surface area contributed by atoms with Crippen molar-refractivity contribution < 1.29 is 37.3 Å². The minimum Gasteiger partial charge on any atom is -0.756 e. The van der Waals surface area contributed by atoms with Gasteiger partial charge in [0.1, 0.15) is 19.3 Å². The highest BCUT2D eigenvalue weighted by Crippen LogP contribution is 2.38. The van der Waals surface area contributed by atoms with Crippen LogP contribution >= 0.6 is 7.82 Å². The van der Waals surface area contributed by atoms with Crippen molar-refractivity contribution in [2.75, 3.05) is 40.9 Å². The predicted octanol–water partition coefficient (Wildman–Crippen LogP) is 17.2. The second kappa shape index (κ2) is 51.7. The molecule has 0 aromatic rings. The van der Waals surface area contributed by atoms with Gasteiger partial charge in [0.05, 0.1) is 33.8 Å². The highest BCUT2D eigenvalue weighted by molar-refractivity contribution is 7.45. The topological polar surface area (TPSA) is 114 Å². The number of amides is 1. The van der Waals surface area contributed by atoms with Crippen LogP contribution in [0.25, 0.3) is 0 Å². The van der Waals surface area contributed by atoms with E-state index in [1.165, 1.54) is 96.3 Å². The molecule has 10 heteroatoms. The number of unbranched alkanes of at least 4 members (excludes halogenated alkanes) is 24. The molecule has 416 valence electrons. The van der Waals surface area contributed by atoms with Gasteiger partial charge in [-0.15, -0.1) is 0 Å². The van der Waals surface area contributed by atoms with Gasteiger partial charge in [-0.2, -0.15) is 0 Å². The summed E-state index contributed by atoms with van der Waals surface area (Å²) in [5.74, 6) is -0.579. The van der Waals surface area contributed by atoms with Gasteiger partial charge in [0, 0.05) is 12.8 Å². The van der Waals surface area contributed by atoms with E-state index in [-0.39, 0.29) is 31.3 Å². The SMILES string of the molecule is CC/C=C/C/C=C/C/C=C/CCCCCCC(=O)NC(COP(=O)([O-])OCC[N+](C)(C)C)C(/C=C\CCCCCCCCCCC)OC(=O)CCCCCCCCCC/C=C\C/C=C\C/C=C\CCCCC. The maximum absolute atomic E-state index is 13.5. The van der Waals surface area contributed by atoms with E-state index in [9.17, 15) is 19.0 Å². The normalized spacial score (nSPS) is 14.4. The molecule has 0 bridgehead atoms. The third-order valence-electron chi connectivity index (χ3n) is 12.6. The van der Waals surface area contributed by atoms with Crippen LogP contribution in [0.1, 0.15) is 245 Å². The van der Waals surface area contributed by atoms with Crippen LogP contribution in [0.5, 0.6) is 0 Å². The average Bonchev–Trinajstić information content (AvgIpc) is 3.34. The standard InChI is InChI=1S/C62H111N2O7P/c1-7-10-13-16-19-22-25-27-29-30-31-32-33-34-35-37-40-43-46-49-52-55-62(66)71-60(53-50-47-44-41-38-24-21-18-15-12-9-3)59(58-70-72(67,68)69-57-56-64(4,5)6)63-61(65)54-51-48-45-42-39-36-28-26-23-20-17-14-11-8-2/h11,14,19-20,22-23,27-29,31-32,36,50,53,59-60H,7-10,12-13,15-18,21,24-26,30,33-35,37-49,51-52,54-58H2,1-6H3,(H-,63,65,67,68)/b14-11+,22-19-,23-20+,29-27-,32-31-,36-28+,53-50-. The zero-order valence-corrected chi connectivity index (χ0v) is 48.3. The molecule has 0 aliphatic rings. The summed E-state index contributed by atoms with van der Waals surface area (Å²) < 4.78 is 30.2. The average molecular weight is 1030 g/mol. The Morgan fingerprint density at radius 3 is 1.36 bits per heavy atom. The van der Waals surface area contributed by atoms with Gasteiger partial charge in [-0.05, 0) is 102 Å². The summed E-state index contributed by atoms with van der Waals surface area (Å²) in [6.45, 7) is 6.66. The molecule has 72 heavy (non-hydrogen) atoms. The van der Waals surface area contributed by atoms with Crippen molar-refractivity contribution in [2.24, 2.45) is 0 Å². The number of phosphoric ester groups is 1. The van der Waals surface area contributed by atoms with E-state index in [4.69, 9.17) is 13.8 Å². The summed E-state index contributed by atoms with van der Waals surface area (Å²) >= 11 is 0. The Morgan fingerprint density at radius 2 is 0.889 bits per heavy atom. The van der Waals surface area contributed by atoms with Gasteiger partial charge >= 0.3 is 5.97 Å². The fourth-order valence-corrected chi connectivity index (χ4v) is 8.74. The van der Waals surface area contributed by atoms with E-state index in [2.05, 4.69) is 99.0 Å². The smallest absolute Gasteiger partial charge is 0.306 e. The number of quaternary nitrogens is 1. The molecule has 0 heterocycles. The van der Waals surface area contributed by atoms with E-state index < -0.39 is 26.6 Å². The van der Waals surface area contributed by atoms with Gasteiger partial charge in [0.15, 0.2) is 0 Å². The van der Waals surface area contributed by atoms with Crippen LogP contribution < -0.4 is 10.2 Å². The number of nitrogens with one attached hydrogen (secondary N) is 1. The van der Waals surface area contributed by atoms with Crippen molar-refractivity contribution in [1.29, 1.82) is 0 Å². The molecule has 0 fully saturated rings. The Bertz CT molecular complexity index is 1510. The fourth-order valence-electron chi connectivity index (χ4n) is 8.01. The summed E-state index contributed by atoms with van der Waals surface area (Å²) in [6.07, 6.45) is 66.9. The summed E-state index contributed by atoms with van der Waals surface area (Å²) in [7, 11) is 1.15. The maximum atomic E-state index is 13.5. The molecule has 0 saturated carbocycles. The molecule has 3 unspecified atom stereocenters. The largest absolute Gasteiger partial charge is 0.756 e. The lowest BCUT2D eigenvalue weighted by atomic mass is 10.1. The van der Waals surface area contributed by atoms with E-state index >= 15 is 0 Å². The van der Waals surface area contributed by atoms with Crippen molar-refractivity contribution >= 4 is 19.7 Å². The van der Waals surface area contributed by atoms with Gasteiger partial charge in [-0.25, -0.2) is 0 Å². The minimum absolute atomic E-state index is 0.0318. The van der Waals surface area contributed by atoms with Crippen LogP contribution in [-0.4, -0.2) is 69.4 Å². The number of carbonyl (C=O) groups is 2. The third kappa shape index (κ3) is 52.1. The molecule has 0 aliphatic heterocycles. The van der Waals surface area contributed by atoms with Crippen molar-refractivity contribution in [3.63, 3.8) is 0 Å². The summed E-state index contributed by atoms with van der Waals surface area (Å²) in [4.78, 5) is 39.8. The first-order valence-electron chi connectivity index (χ1n) is 29.4. The molecule has 1 N–H and O–H groups in total. The fraction of sp³-hybridized carbons (Fsp3) is 0.742. The Balaban J connectivity index is 5.28. The number of phosphoric acid groups is 1. The molecular weight excluding hydrogens is 916 g/mol. The van der Waals surface area contributed by atoms with E-state index in [0.29, 0.717) is 17.4 Å². The number of hydrogen-bond donors (Lipinski definition) is 1. The molecule has 1 amide bonds. The lowest BCUT2D eigenvalue weighted by molar-refractivity contribution is -0.870. The van der Waals surface area contributed by atoms with E-state index in [0.717, 1.165) is 109 Å². The Morgan fingerprint density at radius 1 is 0.500 bits per heavy atom. The molecule has 9 nitrogen and oxygen atoms in total. The molecule has 0 saturated heterocycles. The molecule has 0 rings (SSSR count). The first kappa shape index (κ1) is 69.2. The van der Waals surface area contributed by atoms with E-state index in [1.54, 1.807) is 0 Å². The zero-order chi connectivity index (χ0) is 52.9. The Hall–Kier alpha value is -2.81. The lowest BCUT2D eigenvalue weighted by Crippen LogP contribution is -2.47. The first-order valence-corrected chi connectivity index (χ1v) is 30.9. The summed E-state index contributed by atoms with van der Waals surface area (Å²) in [5, 5.41) is 3.00. The highest BCUT2D eigenvalue weighted by atomic mass is 31.2. The van der Waals surface area contributed by atoms with Gasteiger partial charge in [-0.3, -0.25) is 14.2 Å². The molecule has 0 aromatic heterocycles. The Labute approximate surface area is 444 Å². The second-order valence-electron chi connectivity index (χ2n) is 20.8. The van der Waals surface area contributed by atoms with Crippen LogP contribution in [-0.2, 0) is 27.9 Å². The molecule has 0 spiro atoms. The van der Waals surface area contributed by atoms with Crippen LogP contribution in [0, 0.1) is 0 Å². The van der Waals surface area contributed by atoms with E-state index in [1.807, 2.05) is 33.3 Å². The number of rotatable bonds is 52. The van der Waals surface area contributed by atoms with Crippen molar-refractivity contribution in [3.8, 4) is 0 Å². The number of ether oxygens (including phenoxy) is 1. The first-order chi connectivity index (χ1) is 34.9. The van der Waals surface area contributed by atoms with Gasteiger partial charge in [0.2, 0.25) is 5.91 Å². The van der Waals surface area contributed by atoms with Crippen LogP contribution in [0.4, 0.5) is 0 Å². The monoisotopic (exact) mass is 1030 g/mol. The number of hydrogen-bond acceptors (Lipinski definition) is 7. The molecule has 3 atom stereocenters. The predicted molar refractivity (Wildman–Crippen MR) is 307 cm³/mol. The highest BCUT2D eigenvalue weighted by Gasteiger charge is 2.27. The molecule has 0 aromatic carbocycles. The lowest BCUT2D eigenvalue weighted by Gasteiger charge is -2.30. The van der Waals surface area contributed by atoms with Gasteiger partial charge in [-0.1, -0.05) is 215 Å². The van der Waals surface area contributed by atoms with Crippen molar-refractivity contribution in [3.05, 3.63) is 85.1 Å². The number of esters is 1. The quantitative estimate of drug-likeness (QED) is 0.0212. The van der Waals surface area contributed by atoms with Gasteiger partial charge in [0.25, 0.3) is 7.82 Å². The number of nitrogens with zero attached hydrogens (tertiary/aromatic N) is 1.